The zero-order valence-electron chi connectivity index (χ0n) is 10.9. The molecule has 0 aliphatic rings. The highest BCUT2D eigenvalue weighted by Gasteiger charge is 2.05. The Hall–Kier alpha value is -2.54. The molecule has 2 rings (SSSR count). The Morgan fingerprint density at radius 3 is 2.52 bits per heavy atom. The van der Waals surface area contributed by atoms with Crippen molar-refractivity contribution in [3.05, 3.63) is 48.3 Å². The lowest BCUT2D eigenvalue weighted by Crippen LogP contribution is -2.07. The first-order valence-electron chi connectivity index (χ1n) is 6.02. The monoisotopic (exact) mass is 303 g/mol. The molecule has 108 valence electrons. The predicted octanol–water partition coefficient (Wildman–Crippen LogP) is 1.39. The molecule has 1 amide bonds. The molecule has 7 heteroatoms. The molecule has 0 unspecified atom stereocenters. The average molecular weight is 303 g/mol. The number of nitrogens with two attached hydrogens (primary N) is 1. The van der Waals surface area contributed by atoms with Gasteiger partial charge in [-0.15, -0.1) is 12.6 Å². The van der Waals surface area contributed by atoms with Crippen LogP contribution in [0.1, 0.15) is 5.56 Å². The second-order valence-electron chi connectivity index (χ2n) is 4.35. The summed E-state index contributed by atoms with van der Waals surface area (Å²) in [6.45, 7) is 0. The standard InChI is InChI=1S/C14H13N3O3S/c15-12(18)6-13(21)17-8-11(7-16-17)10-3-1-9(2-4-10)5-14(19)20/h1-4,6-8,21H,5H2,(H2,15,18)(H,19,20)/b13-6-. The number of hydrogen-bond donors (Lipinski definition) is 3. The highest BCUT2D eigenvalue weighted by Crippen LogP contribution is 2.21. The van der Waals surface area contributed by atoms with Crippen LogP contribution in [0.5, 0.6) is 0 Å². The van der Waals surface area contributed by atoms with E-state index >= 15 is 0 Å². The van der Waals surface area contributed by atoms with E-state index in [1.165, 1.54) is 4.68 Å². The Morgan fingerprint density at radius 1 is 1.29 bits per heavy atom. The van der Waals surface area contributed by atoms with Gasteiger partial charge in [0.1, 0.15) is 0 Å². The molecule has 0 spiro atoms. The van der Waals surface area contributed by atoms with E-state index in [0.29, 0.717) is 5.03 Å². The van der Waals surface area contributed by atoms with Crippen molar-refractivity contribution in [3.63, 3.8) is 0 Å². The zero-order chi connectivity index (χ0) is 15.4. The van der Waals surface area contributed by atoms with Gasteiger partial charge in [0, 0.05) is 17.8 Å². The molecule has 0 radical (unpaired) electrons. The first kappa shape index (κ1) is 14.9. The minimum Gasteiger partial charge on any atom is -0.481 e. The highest BCUT2D eigenvalue weighted by molar-refractivity contribution is 7.90. The van der Waals surface area contributed by atoms with Gasteiger partial charge in [-0.3, -0.25) is 9.59 Å². The summed E-state index contributed by atoms with van der Waals surface area (Å²) in [5.41, 5.74) is 7.48. The van der Waals surface area contributed by atoms with Gasteiger partial charge in [-0.2, -0.15) is 5.10 Å². The second-order valence-corrected chi connectivity index (χ2v) is 4.80. The lowest BCUT2D eigenvalue weighted by atomic mass is 10.1. The van der Waals surface area contributed by atoms with Crippen LogP contribution in [-0.2, 0) is 16.0 Å². The summed E-state index contributed by atoms with van der Waals surface area (Å²) in [4.78, 5) is 21.4. The number of aromatic nitrogens is 2. The number of aliphatic carboxylic acids is 1. The summed E-state index contributed by atoms with van der Waals surface area (Å²) < 4.78 is 1.42. The number of carboxylic acid groups (broad SMARTS) is 1. The quantitative estimate of drug-likeness (QED) is 0.574. The third-order valence-corrected chi connectivity index (χ3v) is 3.07. The lowest BCUT2D eigenvalue weighted by Gasteiger charge is -2.00. The normalized spacial score (nSPS) is 11.4. The number of carboxylic acids is 1. The molecule has 1 aromatic carbocycles. The maximum absolute atomic E-state index is 10.8. The molecule has 2 aromatic rings. The zero-order valence-corrected chi connectivity index (χ0v) is 11.8. The third-order valence-electron chi connectivity index (χ3n) is 2.73. The van der Waals surface area contributed by atoms with Gasteiger partial charge in [0.2, 0.25) is 5.91 Å². The smallest absolute Gasteiger partial charge is 0.307 e. The van der Waals surface area contributed by atoms with Crippen LogP contribution >= 0.6 is 12.6 Å². The van der Waals surface area contributed by atoms with E-state index in [4.69, 9.17) is 10.8 Å². The number of amides is 1. The van der Waals surface area contributed by atoms with E-state index in [0.717, 1.165) is 22.8 Å². The minimum absolute atomic E-state index is 0.0122. The van der Waals surface area contributed by atoms with Gasteiger partial charge >= 0.3 is 5.97 Å². The molecule has 6 nitrogen and oxygen atoms in total. The Morgan fingerprint density at radius 2 is 1.95 bits per heavy atom. The van der Waals surface area contributed by atoms with E-state index in [2.05, 4.69) is 17.7 Å². The van der Waals surface area contributed by atoms with Crippen LogP contribution in [0, 0.1) is 0 Å². The van der Waals surface area contributed by atoms with Gasteiger partial charge in [-0.1, -0.05) is 24.3 Å². The predicted molar refractivity (Wildman–Crippen MR) is 81.5 cm³/mol. The topological polar surface area (TPSA) is 98.2 Å². The van der Waals surface area contributed by atoms with Crippen molar-refractivity contribution in [2.24, 2.45) is 5.73 Å². The van der Waals surface area contributed by atoms with Crippen molar-refractivity contribution in [3.8, 4) is 11.1 Å². The van der Waals surface area contributed by atoms with Gasteiger partial charge in [0.05, 0.1) is 17.6 Å². The van der Waals surface area contributed by atoms with Gasteiger partial charge in [-0.05, 0) is 11.1 Å². The summed E-state index contributed by atoms with van der Waals surface area (Å²) in [5.74, 6) is -1.47. The van der Waals surface area contributed by atoms with E-state index < -0.39 is 11.9 Å². The van der Waals surface area contributed by atoms with Crippen LogP contribution in [-0.4, -0.2) is 26.8 Å². The molecule has 0 aliphatic heterocycles. The Bertz CT molecular complexity index is 705. The Labute approximate surface area is 126 Å². The molecule has 0 saturated carbocycles. The van der Waals surface area contributed by atoms with Crippen molar-refractivity contribution in [2.75, 3.05) is 0 Å². The van der Waals surface area contributed by atoms with Gasteiger partial charge in [0.15, 0.2) is 0 Å². The largest absolute Gasteiger partial charge is 0.481 e. The summed E-state index contributed by atoms with van der Waals surface area (Å²) in [6.07, 6.45) is 4.47. The summed E-state index contributed by atoms with van der Waals surface area (Å²) in [5, 5.41) is 13.1. The molecule has 1 aromatic heterocycles. The van der Waals surface area contributed by atoms with Crippen LogP contribution in [0.15, 0.2) is 42.7 Å². The molecule has 0 atom stereocenters. The van der Waals surface area contributed by atoms with Crippen LogP contribution in [0.2, 0.25) is 0 Å². The molecule has 21 heavy (non-hydrogen) atoms. The summed E-state index contributed by atoms with van der Waals surface area (Å²) >= 11 is 4.13. The minimum atomic E-state index is -0.869. The number of nitrogens with zero attached hydrogens (tertiary/aromatic N) is 2. The van der Waals surface area contributed by atoms with Crippen LogP contribution in [0.25, 0.3) is 16.2 Å². The van der Waals surface area contributed by atoms with E-state index in [1.54, 1.807) is 24.5 Å². The molecule has 0 bridgehead atoms. The molecule has 1 heterocycles. The highest BCUT2D eigenvalue weighted by atomic mass is 32.1. The van der Waals surface area contributed by atoms with Crippen molar-refractivity contribution in [1.82, 2.24) is 9.78 Å². The molecule has 0 aliphatic carbocycles. The summed E-state index contributed by atoms with van der Waals surface area (Å²) in [7, 11) is 0. The average Bonchev–Trinajstić information content (AvgIpc) is 2.87. The number of benzene rings is 1. The first-order valence-corrected chi connectivity index (χ1v) is 6.46. The molecular formula is C14H13N3O3S. The SMILES string of the molecule is NC(=O)/C=C(\S)n1cc(-c2ccc(CC(=O)O)cc2)cn1. The molecular weight excluding hydrogens is 290 g/mol. The van der Waals surface area contributed by atoms with Crippen LogP contribution in [0.3, 0.4) is 0 Å². The van der Waals surface area contributed by atoms with Crippen LogP contribution in [0.4, 0.5) is 0 Å². The molecule has 3 N–H and O–H groups in total. The van der Waals surface area contributed by atoms with Gasteiger partial charge in [0.25, 0.3) is 0 Å². The van der Waals surface area contributed by atoms with Crippen molar-refractivity contribution >= 4 is 29.5 Å². The maximum Gasteiger partial charge on any atom is 0.307 e. The number of rotatable bonds is 5. The second kappa shape index (κ2) is 6.27. The fourth-order valence-electron chi connectivity index (χ4n) is 1.78. The molecule has 0 saturated heterocycles. The van der Waals surface area contributed by atoms with E-state index in [1.807, 2.05) is 12.1 Å². The van der Waals surface area contributed by atoms with Gasteiger partial charge < -0.3 is 10.8 Å². The number of thiol groups is 1. The molecule has 0 fully saturated rings. The number of carbonyl (C=O) groups is 2. The van der Waals surface area contributed by atoms with E-state index in [9.17, 15) is 9.59 Å². The number of primary amides is 1. The van der Waals surface area contributed by atoms with Crippen LogP contribution < -0.4 is 5.73 Å². The van der Waals surface area contributed by atoms with Crippen molar-refractivity contribution < 1.29 is 14.7 Å². The first-order chi connectivity index (χ1) is 9.95. The fraction of sp³-hybridized carbons (Fsp3) is 0.0714. The Kier molecular flexibility index (Phi) is 4.44. The summed E-state index contributed by atoms with van der Waals surface area (Å²) in [6, 6.07) is 7.13. The lowest BCUT2D eigenvalue weighted by molar-refractivity contribution is -0.136. The number of hydrogen-bond acceptors (Lipinski definition) is 4. The fourth-order valence-corrected chi connectivity index (χ4v) is 2.02. The Balaban J connectivity index is 2.21. The number of carbonyl (C=O) groups excluding carboxylic acids is 1. The van der Waals surface area contributed by atoms with Gasteiger partial charge in [-0.25, -0.2) is 4.68 Å². The maximum atomic E-state index is 10.8. The third kappa shape index (κ3) is 3.96. The van der Waals surface area contributed by atoms with Crippen molar-refractivity contribution in [2.45, 2.75) is 6.42 Å². The van der Waals surface area contributed by atoms with E-state index in [-0.39, 0.29) is 6.42 Å². The van der Waals surface area contributed by atoms with Crippen molar-refractivity contribution in [1.29, 1.82) is 0 Å².